The van der Waals surface area contributed by atoms with Gasteiger partial charge in [-0.1, -0.05) is 35.0 Å². The molecule has 0 aliphatic carbocycles. The molecule has 21 heavy (non-hydrogen) atoms. The Hall–Kier alpha value is -1.81. The van der Waals surface area contributed by atoms with Gasteiger partial charge in [0, 0.05) is 4.47 Å². The Bertz CT molecular complexity index is 620. The molecule has 110 valence electrons. The molecule has 2 aromatic rings. The van der Waals surface area contributed by atoms with Gasteiger partial charge in [-0.3, -0.25) is 0 Å². The average Bonchev–Trinajstić information content (AvgIpc) is 2.49. The van der Waals surface area contributed by atoms with E-state index in [0.29, 0.717) is 11.5 Å². The number of benzene rings is 2. The lowest BCUT2D eigenvalue weighted by Gasteiger charge is -2.08. The first kappa shape index (κ1) is 15.6. The lowest BCUT2D eigenvalue weighted by Crippen LogP contribution is -2.17. The minimum absolute atomic E-state index is 0.114. The first-order chi connectivity index (χ1) is 10.1. The number of hydrogen-bond donors (Lipinski definition) is 0. The van der Waals surface area contributed by atoms with Gasteiger partial charge in [0.1, 0.15) is 11.5 Å². The van der Waals surface area contributed by atoms with E-state index in [1.807, 2.05) is 31.2 Å². The highest BCUT2D eigenvalue weighted by Gasteiger charge is 2.07. The number of halogens is 1. The maximum Gasteiger partial charge on any atom is 0.349 e. The van der Waals surface area contributed by atoms with Gasteiger partial charge in [0.25, 0.3) is 0 Å². The van der Waals surface area contributed by atoms with Crippen LogP contribution >= 0.6 is 15.9 Å². The summed E-state index contributed by atoms with van der Waals surface area (Å²) in [6, 6.07) is 13.0. The van der Waals surface area contributed by atoms with Crippen LogP contribution in [0.1, 0.15) is 18.1 Å². The molecular weight excluding hydrogens is 332 g/mol. The molecule has 0 spiro atoms. The lowest BCUT2D eigenvalue weighted by molar-refractivity contribution is -0.136. The third-order valence-corrected chi connectivity index (χ3v) is 3.94. The molecule has 0 unspecified atom stereocenters. The summed E-state index contributed by atoms with van der Waals surface area (Å²) in [5.74, 6) is 0.765. The smallest absolute Gasteiger partial charge is 0.349 e. The zero-order valence-corrected chi connectivity index (χ0v) is 13.6. The topological polar surface area (TPSA) is 35.5 Å². The van der Waals surface area contributed by atoms with E-state index < -0.39 is 5.97 Å². The monoisotopic (exact) mass is 348 g/mol. The molecule has 0 atom stereocenters. The summed E-state index contributed by atoms with van der Waals surface area (Å²) in [5.41, 5.74) is 2.26. The van der Waals surface area contributed by atoms with Crippen LogP contribution < -0.4 is 9.47 Å². The van der Waals surface area contributed by atoms with Crippen LogP contribution in [0, 0.1) is 6.92 Å². The molecule has 0 saturated carbocycles. The normalized spacial score (nSPS) is 10.2. The summed E-state index contributed by atoms with van der Waals surface area (Å²) < 4.78 is 11.6. The quantitative estimate of drug-likeness (QED) is 0.596. The molecule has 0 aliphatic heterocycles. The minimum Gasteiger partial charge on any atom is -0.482 e. The van der Waals surface area contributed by atoms with Crippen molar-refractivity contribution in [1.82, 2.24) is 0 Å². The third kappa shape index (κ3) is 4.60. The molecule has 4 heteroatoms. The van der Waals surface area contributed by atoms with E-state index in [1.165, 1.54) is 5.56 Å². The first-order valence-electron chi connectivity index (χ1n) is 6.77. The van der Waals surface area contributed by atoms with Gasteiger partial charge in [-0.15, -0.1) is 0 Å². The minimum atomic E-state index is -0.417. The summed E-state index contributed by atoms with van der Waals surface area (Å²) in [5, 5.41) is 0. The Kier molecular flexibility index (Phi) is 5.39. The first-order valence-corrected chi connectivity index (χ1v) is 7.56. The van der Waals surface area contributed by atoms with E-state index in [4.69, 9.17) is 9.47 Å². The Morgan fingerprint density at radius 1 is 1.10 bits per heavy atom. The molecule has 3 nitrogen and oxygen atoms in total. The SMILES string of the molecule is CCc1ccc(OC(=O)COc2ccc(Br)c(C)c2)cc1. The second-order valence-electron chi connectivity index (χ2n) is 4.67. The second kappa shape index (κ2) is 7.27. The highest BCUT2D eigenvalue weighted by atomic mass is 79.9. The zero-order valence-electron chi connectivity index (χ0n) is 12.1. The van der Waals surface area contributed by atoms with E-state index in [-0.39, 0.29) is 6.61 Å². The van der Waals surface area contributed by atoms with Crippen molar-refractivity contribution >= 4 is 21.9 Å². The maximum absolute atomic E-state index is 11.7. The van der Waals surface area contributed by atoms with Crippen molar-refractivity contribution in [2.75, 3.05) is 6.61 Å². The summed E-state index contributed by atoms with van der Waals surface area (Å²) in [4.78, 5) is 11.7. The van der Waals surface area contributed by atoms with Crippen molar-refractivity contribution in [1.29, 1.82) is 0 Å². The van der Waals surface area contributed by atoms with Gasteiger partial charge in [-0.25, -0.2) is 4.79 Å². The van der Waals surface area contributed by atoms with E-state index in [1.54, 1.807) is 18.2 Å². The van der Waals surface area contributed by atoms with Crippen LogP contribution in [0.4, 0.5) is 0 Å². The van der Waals surface area contributed by atoms with Crippen molar-refractivity contribution in [3.8, 4) is 11.5 Å². The highest BCUT2D eigenvalue weighted by molar-refractivity contribution is 9.10. The summed E-state index contributed by atoms with van der Waals surface area (Å²) >= 11 is 3.42. The molecule has 2 aromatic carbocycles. The summed E-state index contributed by atoms with van der Waals surface area (Å²) in [6.07, 6.45) is 0.959. The fourth-order valence-electron chi connectivity index (χ4n) is 1.80. The molecule has 0 radical (unpaired) electrons. The zero-order chi connectivity index (χ0) is 15.2. The Labute approximate surface area is 133 Å². The van der Waals surface area contributed by atoms with Crippen LogP contribution in [0.25, 0.3) is 0 Å². The molecule has 0 aromatic heterocycles. The van der Waals surface area contributed by atoms with Crippen molar-refractivity contribution in [3.05, 3.63) is 58.1 Å². The number of aryl methyl sites for hydroxylation is 2. The lowest BCUT2D eigenvalue weighted by atomic mass is 10.2. The number of esters is 1. The average molecular weight is 349 g/mol. The fourth-order valence-corrected chi connectivity index (χ4v) is 2.05. The predicted octanol–water partition coefficient (Wildman–Crippen LogP) is 4.30. The Balaban J connectivity index is 1.87. The van der Waals surface area contributed by atoms with Gasteiger partial charge in [-0.2, -0.15) is 0 Å². The number of carbonyl (C=O) groups excluding carboxylic acids is 1. The number of rotatable bonds is 5. The standard InChI is InChI=1S/C17H17BrO3/c1-3-13-4-6-14(7-5-13)21-17(19)11-20-15-8-9-16(18)12(2)10-15/h4-10H,3,11H2,1-2H3. The van der Waals surface area contributed by atoms with Crippen LogP contribution in [-0.2, 0) is 11.2 Å². The fraction of sp³-hybridized carbons (Fsp3) is 0.235. The maximum atomic E-state index is 11.7. The molecule has 0 N–H and O–H groups in total. The third-order valence-electron chi connectivity index (χ3n) is 3.05. The molecular formula is C17H17BrO3. The van der Waals surface area contributed by atoms with Gasteiger partial charge in [0.15, 0.2) is 6.61 Å². The summed E-state index contributed by atoms with van der Waals surface area (Å²) in [7, 11) is 0. The molecule has 0 heterocycles. The van der Waals surface area contributed by atoms with E-state index in [9.17, 15) is 4.79 Å². The Morgan fingerprint density at radius 2 is 1.76 bits per heavy atom. The van der Waals surface area contributed by atoms with Crippen LogP contribution in [0.3, 0.4) is 0 Å². The summed E-state index contributed by atoms with van der Waals surface area (Å²) in [6.45, 7) is 3.93. The van der Waals surface area contributed by atoms with Crippen LogP contribution in [-0.4, -0.2) is 12.6 Å². The van der Waals surface area contributed by atoms with Gasteiger partial charge >= 0.3 is 5.97 Å². The van der Waals surface area contributed by atoms with Crippen molar-refractivity contribution in [2.45, 2.75) is 20.3 Å². The van der Waals surface area contributed by atoms with Gasteiger partial charge < -0.3 is 9.47 Å². The van der Waals surface area contributed by atoms with E-state index in [2.05, 4.69) is 22.9 Å². The van der Waals surface area contributed by atoms with Gasteiger partial charge in [-0.05, 0) is 54.8 Å². The molecule has 0 saturated heterocycles. The van der Waals surface area contributed by atoms with Crippen LogP contribution in [0.15, 0.2) is 46.9 Å². The van der Waals surface area contributed by atoms with E-state index in [0.717, 1.165) is 16.5 Å². The molecule has 0 fully saturated rings. The second-order valence-corrected chi connectivity index (χ2v) is 5.53. The van der Waals surface area contributed by atoms with Crippen molar-refractivity contribution in [2.24, 2.45) is 0 Å². The largest absolute Gasteiger partial charge is 0.482 e. The van der Waals surface area contributed by atoms with Crippen LogP contribution in [0.5, 0.6) is 11.5 Å². The van der Waals surface area contributed by atoms with Crippen molar-refractivity contribution < 1.29 is 14.3 Å². The van der Waals surface area contributed by atoms with Crippen molar-refractivity contribution in [3.63, 3.8) is 0 Å². The van der Waals surface area contributed by atoms with Crippen LogP contribution in [0.2, 0.25) is 0 Å². The Morgan fingerprint density at radius 3 is 2.38 bits per heavy atom. The van der Waals surface area contributed by atoms with Gasteiger partial charge in [0.2, 0.25) is 0 Å². The molecule has 0 amide bonds. The molecule has 0 bridgehead atoms. The van der Waals surface area contributed by atoms with Gasteiger partial charge in [0.05, 0.1) is 0 Å². The number of hydrogen-bond acceptors (Lipinski definition) is 3. The number of carbonyl (C=O) groups is 1. The number of ether oxygens (including phenoxy) is 2. The predicted molar refractivity (Wildman–Crippen MR) is 85.8 cm³/mol. The van der Waals surface area contributed by atoms with E-state index >= 15 is 0 Å². The highest BCUT2D eigenvalue weighted by Crippen LogP contribution is 2.21. The molecule has 2 rings (SSSR count). The molecule has 0 aliphatic rings.